The van der Waals surface area contributed by atoms with Crippen molar-refractivity contribution in [3.63, 3.8) is 0 Å². The molecule has 6 rings (SSSR count). The molecule has 1 atom stereocenters. The molecular weight excluding hydrogens is 456 g/mol. The first-order valence-electron chi connectivity index (χ1n) is 11.3. The van der Waals surface area contributed by atoms with Gasteiger partial charge in [0.2, 0.25) is 0 Å². The number of nitrogen functional groups attached to an aromatic ring is 1. The fraction of sp³-hybridized carbons (Fsp3) is 0.0690. The smallest absolute Gasteiger partial charge is 0.196 e. The fourth-order valence-corrected chi connectivity index (χ4v) is 5.32. The molecule has 0 fully saturated rings. The number of allylic oxidation sites excluding steroid dienone is 2. The van der Waals surface area contributed by atoms with Gasteiger partial charge in [0.15, 0.2) is 28.9 Å². The van der Waals surface area contributed by atoms with E-state index in [-0.39, 0.29) is 68.0 Å². The van der Waals surface area contributed by atoms with Gasteiger partial charge in [-0.3, -0.25) is 24.0 Å². The van der Waals surface area contributed by atoms with Crippen LogP contribution in [0.5, 0.6) is 0 Å². The van der Waals surface area contributed by atoms with Gasteiger partial charge in [-0.05, 0) is 18.6 Å². The number of nitrogens with two attached hydrogens (primary N) is 2. The van der Waals surface area contributed by atoms with Crippen molar-refractivity contribution < 1.29 is 24.0 Å². The summed E-state index contributed by atoms with van der Waals surface area (Å²) in [5.41, 5.74) is 11.7. The summed E-state index contributed by atoms with van der Waals surface area (Å²) < 4.78 is 0. The molecule has 36 heavy (non-hydrogen) atoms. The van der Waals surface area contributed by atoms with Gasteiger partial charge in [0, 0.05) is 44.5 Å². The standard InChI is InChI=1S/C29H18N2O5/c30-23-20(12-11-18-21(23)26(34)16-8-3-1-6-14(16)24(18)32)28(36)29(31)13-5-10-19-22(29)27(35)17-9-4-2-7-15(17)25(19)33/h1-12H,13,30-31H2. The van der Waals surface area contributed by atoms with E-state index in [1.807, 2.05) is 0 Å². The lowest BCUT2D eigenvalue weighted by atomic mass is 9.68. The number of ketones is 5. The van der Waals surface area contributed by atoms with Gasteiger partial charge in [-0.15, -0.1) is 0 Å². The maximum Gasteiger partial charge on any atom is 0.196 e. The molecule has 3 aromatic carbocycles. The first-order chi connectivity index (χ1) is 17.3. The van der Waals surface area contributed by atoms with E-state index in [2.05, 4.69) is 0 Å². The van der Waals surface area contributed by atoms with Crippen LogP contribution >= 0.6 is 0 Å². The molecule has 0 saturated carbocycles. The maximum atomic E-state index is 13.9. The first-order valence-corrected chi connectivity index (χ1v) is 11.3. The molecule has 7 heteroatoms. The van der Waals surface area contributed by atoms with Gasteiger partial charge in [0.25, 0.3) is 0 Å². The highest BCUT2D eigenvalue weighted by Gasteiger charge is 2.48. The molecule has 1 unspecified atom stereocenters. The summed E-state index contributed by atoms with van der Waals surface area (Å²) in [4.78, 5) is 66.9. The fourth-order valence-electron chi connectivity index (χ4n) is 5.32. The minimum atomic E-state index is -1.88. The largest absolute Gasteiger partial charge is 0.398 e. The molecule has 7 nitrogen and oxygen atoms in total. The molecule has 0 amide bonds. The highest BCUT2D eigenvalue weighted by Crippen LogP contribution is 2.40. The zero-order valence-corrected chi connectivity index (χ0v) is 18.8. The molecule has 0 saturated heterocycles. The van der Waals surface area contributed by atoms with Crippen LogP contribution in [-0.2, 0) is 0 Å². The van der Waals surface area contributed by atoms with Gasteiger partial charge in [0.05, 0.1) is 11.3 Å². The topological polar surface area (TPSA) is 137 Å². The summed E-state index contributed by atoms with van der Waals surface area (Å²) in [5, 5.41) is 0. The number of hydrogen-bond acceptors (Lipinski definition) is 7. The first kappa shape index (κ1) is 21.8. The van der Waals surface area contributed by atoms with Crippen LogP contribution in [-0.4, -0.2) is 34.5 Å². The van der Waals surface area contributed by atoms with E-state index < -0.39 is 28.7 Å². The minimum absolute atomic E-state index is 0.0436. The highest BCUT2D eigenvalue weighted by atomic mass is 16.2. The Morgan fingerprint density at radius 3 is 1.89 bits per heavy atom. The zero-order valence-electron chi connectivity index (χ0n) is 18.8. The minimum Gasteiger partial charge on any atom is -0.398 e. The second-order valence-corrected chi connectivity index (χ2v) is 9.05. The van der Waals surface area contributed by atoms with Crippen molar-refractivity contribution in [2.45, 2.75) is 12.0 Å². The van der Waals surface area contributed by atoms with E-state index in [1.54, 1.807) is 42.5 Å². The van der Waals surface area contributed by atoms with E-state index in [1.165, 1.54) is 30.3 Å². The lowest BCUT2D eigenvalue weighted by molar-refractivity contribution is 0.0871. The average Bonchev–Trinajstić information content (AvgIpc) is 2.89. The van der Waals surface area contributed by atoms with Crippen LogP contribution in [0.25, 0.3) is 0 Å². The molecule has 0 radical (unpaired) electrons. The lowest BCUT2D eigenvalue weighted by Crippen LogP contribution is -2.54. The number of carbonyl (C=O) groups excluding carboxylic acids is 5. The number of hydrogen-bond donors (Lipinski definition) is 2. The number of fused-ring (bicyclic) bond motifs is 3. The molecule has 174 valence electrons. The van der Waals surface area contributed by atoms with E-state index in [9.17, 15) is 24.0 Å². The summed E-state index contributed by atoms with van der Waals surface area (Å²) in [7, 11) is 0. The molecule has 0 aliphatic heterocycles. The summed E-state index contributed by atoms with van der Waals surface area (Å²) in [6.45, 7) is 0. The van der Waals surface area contributed by atoms with Crippen LogP contribution in [0.1, 0.15) is 69.3 Å². The molecule has 0 bridgehead atoms. The van der Waals surface area contributed by atoms with Gasteiger partial charge < -0.3 is 11.5 Å². The Kier molecular flexibility index (Phi) is 4.46. The molecule has 0 heterocycles. The van der Waals surface area contributed by atoms with Gasteiger partial charge in [-0.2, -0.15) is 0 Å². The SMILES string of the molecule is Nc1c(C(=O)C2(N)CC=CC3=C2C(=O)c2ccccc2C3=O)ccc2c1C(=O)c1ccccc1C2=O. The van der Waals surface area contributed by atoms with E-state index >= 15 is 0 Å². The molecule has 4 N–H and O–H groups in total. The highest BCUT2D eigenvalue weighted by molar-refractivity contribution is 6.33. The summed E-state index contributed by atoms with van der Waals surface area (Å²) in [5.74, 6) is -2.45. The third-order valence-corrected chi connectivity index (χ3v) is 7.11. The Hall–Kier alpha value is -4.75. The van der Waals surface area contributed by atoms with Crippen LogP contribution in [0.15, 0.2) is 84.0 Å². The van der Waals surface area contributed by atoms with Crippen molar-refractivity contribution in [3.05, 3.63) is 123 Å². The Balaban J connectivity index is 1.50. The lowest BCUT2D eigenvalue weighted by Gasteiger charge is -2.35. The maximum absolute atomic E-state index is 13.9. The van der Waals surface area contributed by atoms with Crippen molar-refractivity contribution in [3.8, 4) is 0 Å². The molecule has 0 aromatic heterocycles. The van der Waals surface area contributed by atoms with Gasteiger partial charge in [-0.25, -0.2) is 0 Å². The van der Waals surface area contributed by atoms with Crippen molar-refractivity contribution in [2.75, 3.05) is 5.73 Å². The van der Waals surface area contributed by atoms with Crippen molar-refractivity contribution >= 4 is 34.6 Å². The second-order valence-electron chi connectivity index (χ2n) is 9.05. The Bertz CT molecular complexity index is 1680. The normalized spacial score (nSPS) is 20.0. The monoisotopic (exact) mass is 474 g/mol. The van der Waals surface area contributed by atoms with Gasteiger partial charge >= 0.3 is 0 Å². The van der Waals surface area contributed by atoms with Crippen molar-refractivity contribution in [2.24, 2.45) is 5.73 Å². The van der Waals surface area contributed by atoms with Crippen LogP contribution in [0, 0.1) is 0 Å². The Morgan fingerprint density at radius 2 is 1.25 bits per heavy atom. The third kappa shape index (κ3) is 2.68. The van der Waals surface area contributed by atoms with Crippen LogP contribution in [0.4, 0.5) is 5.69 Å². The predicted octanol–water partition coefficient (Wildman–Crippen LogP) is 3.26. The summed E-state index contributed by atoms with van der Waals surface area (Å²) in [6.07, 6.45) is 3.05. The van der Waals surface area contributed by atoms with Gasteiger partial charge in [0.1, 0.15) is 5.54 Å². The van der Waals surface area contributed by atoms with Gasteiger partial charge in [-0.1, -0.05) is 60.7 Å². The quantitative estimate of drug-likeness (QED) is 0.336. The number of carbonyl (C=O) groups is 5. The van der Waals surface area contributed by atoms with E-state index in [4.69, 9.17) is 11.5 Å². The van der Waals surface area contributed by atoms with Crippen LogP contribution < -0.4 is 11.5 Å². The molecule has 3 aromatic rings. The zero-order chi connectivity index (χ0) is 25.4. The van der Waals surface area contributed by atoms with Crippen molar-refractivity contribution in [1.82, 2.24) is 0 Å². The molecular formula is C29H18N2O5. The number of anilines is 1. The number of Topliss-reactive ketones (excluding diaryl/α,β-unsaturated/α-hetero) is 3. The Labute approximate surface area is 205 Å². The van der Waals surface area contributed by atoms with Crippen molar-refractivity contribution in [1.29, 1.82) is 0 Å². The summed E-state index contributed by atoms with van der Waals surface area (Å²) >= 11 is 0. The summed E-state index contributed by atoms with van der Waals surface area (Å²) in [6, 6.07) is 15.5. The molecule has 0 spiro atoms. The molecule has 3 aliphatic rings. The van der Waals surface area contributed by atoms with E-state index in [0.717, 1.165) is 0 Å². The van der Waals surface area contributed by atoms with Crippen LogP contribution in [0.3, 0.4) is 0 Å². The second kappa shape index (κ2) is 7.37. The molecule has 3 aliphatic carbocycles. The average molecular weight is 474 g/mol. The number of rotatable bonds is 2. The van der Waals surface area contributed by atoms with Crippen LogP contribution in [0.2, 0.25) is 0 Å². The third-order valence-electron chi connectivity index (χ3n) is 7.11. The predicted molar refractivity (Wildman–Crippen MR) is 131 cm³/mol. The number of benzene rings is 3. The van der Waals surface area contributed by atoms with E-state index in [0.29, 0.717) is 0 Å². The Morgan fingerprint density at radius 1 is 0.694 bits per heavy atom.